The maximum Gasteiger partial charge on any atom is 0.472 e. The highest BCUT2D eigenvalue weighted by Crippen LogP contribution is 2.51. The molecule has 0 saturated carbocycles. The lowest BCUT2D eigenvalue weighted by Crippen LogP contribution is -2.64. The highest BCUT2D eigenvalue weighted by molar-refractivity contribution is 7.48. The number of unbranched alkanes of at least 4 members (excludes halogenated alkanes) is 3. The van der Waals surface area contributed by atoms with Crippen molar-refractivity contribution in [1.82, 2.24) is 30.7 Å². The number of ether oxygens (including phenoxy) is 6. The van der Waals surface area contributed by atoms with Gasteiger partial charge in [0.05, 0.1) is 76.1 Å². The number of carbonyl (C=O) groups is 6. The SMILES string of the molecule is COP(=O)(O)O[C@@H]1C[C@@H](COP(=O)(O)O[C@@H]2C[C@@H](COP(=O)(O)O[C@@H]3C[C@@H](CO)N(C(=O)CCCCO[C@@H]4OC(CO)[C@H](O)[C@H](O)C4NC(C)=O)C3)N(C(=O)CCCCO[C@@H]3OC(CO)[C@H](O)[C@H](O)C3NC(C)=O)C2)N(C(=O)CCCCO[C@@H]2OC(CO)[C@H](O)[C@H](O)C2NC(C)=O)C1. The molecule has 0 radical (unpaired) electrons. The van der Waals surface area contributed by atoms with Gasteiger partial charge in [-0.25, -0.2) is 13.7 Å². The van der Waals surface area contributed by atoms with Crippen LogP contribution in [0.1, 0.15) is 97.8 Å². The number of amides is 6. The van der Waals surface area contributed by atoms with Gasteiger partial charge in [0.25, 0.3) is 0 Å². The van der Waals surface area contributed by atoms with Crippen molar-refractivity contribution in [3.8, 4) is 0 Å². The van der Waals surface area contributed by atoms with Gasteiger partial charge in [-0.2, -0.15) is 0 Å². The highest BCUT2D eigenvalue weighted by Gasteiger charge is 2.50. The zero-order chi connectivity index (χ0) is 72.4. The van der Waals surface area contributed by atoms with Crippen LogP contribution in [0.4, 0.5) is 0 Å². The number of phosphoric acid groups is 3. The second kappa shape index (κ2) is 38.9. The molecule has 0 aromatic carbocycles. The quantitative estimate of drug-likeness (QED) is 0.0202. The minimum Gasteiger partial charge on any atom is -0.394 e. The molecule has 9 unspecified atom stereocenters. The maximum atomic E-state index is 14.1. The van der Waals surface area contributed by atoms with E-state index in [2.05, 4.69) is 20.5 Å². The zero-order valence-electron chi connectivity index (χ0n) is 54.7. The Hall–Kier alpha value is -3.49. The Morgan fingerprint density at radius 1 is 0.429 bits per heavy atom. The van der Waals surface area contributed by atoms with E-state index in [0.29, 0.717) is 0 Å². The molecular formula is C55H97N6O34P3. The Bertz CT molecular complexity index is 2740. The molecule has 566 valence electrons. The van der Waals surface area contributed by atoms with E-state index < -0.39 is 233 Å². The summed E-state index contributed by atoms with van der Waals surface area (Å²) < 4.78 is 106. The van der Waals surface area contributed by atoms with Crippen LogP contribution in [0.5, 0.6) is 0 Å². The molecule has 0 bridgehead atoms. The number of nitrogens with one attached hydrogen (secondary N) is 3. The van der Waals surface area contributed by atoms with Crippen LogP contribution in [0.15, 0.2) is 0 Å². The van der Waals surface area contributed by atoms with Gasteiger partial charge in [0.1, 0.15) is 73.1 Å². The Labute approximate surface area is 564 Å². The van der Waals surface area contributed by atoms with Gasteiger partial charge in [0.15, 0.2) is 18.9 Å². The number of hydrogen-bond acceptors (Lipinski definition) is 31. The van der Waals surface area contributed by atoms with Crippen molar-refractivity contribution in [2.24, 2.45) is 0 Å². The second-order valence-electron chi connectivity index (χ2n) is 24.6. The van der Waals surface area contributed by atoms with E-state index in [4.69, 9.17) is 51.0 Å². The van der Waals surface area contributed by atoms with Crippen molar-refractivity contribution in [3.63, 3.8) is 0 Å². The molecule has 6 saturated heterocycles. The molecule has 6 aliphatic heterocycles. The number of hydrogen-bond donors (Lipinski definition) is 16. The minimum absolute atomic E-state index is 0.0590. The zero-order valence-corrected chi connectivity index (χ0v) is 57.3. The summed E-state index contributed by atoms with van der Waals surface area (Å²) in [6.07, 6.45) is -20.9. The maximum absolute atomic E-state index is 14.1. The van der Waals surface area contributed by atoms with Gasteiger partial charge < -0.3 is 125 Å². The van der Waals surface area contributed by atoms with Gasteiger partial charge in [-0.15, -0.1) is 0 Å². The third-order valence-electron chi connectivity index (χ3n) is 17.2. The van der Waals surface area contributed by atoms with Gasteiger partial charge in [-0.1, -0.05) is 0 Å². The van der Waals surface area contributed by atoms with Crippen molar-refractivity contribution in [2.45, 2.75) is 226 Å². The van der Waals surface area contributed by atoms with Gasteiger partial charge in [-0.05, 0) is 57.8 Å². The first-order valence-electron chi connectivity index (χ1n) is 32.2. The smallest absolute Gasteiger partial charge is 0.394 e. The molecule has 0 aliphatic carbocycles. The van der Waals surface area contributed by atoms with Gasteiger partial charge >= 0.3 is 23.5 Å². The summed E-state index contributed by atoms with van der Waals surface area (Å²) in [4.78, 5) is 113. The lowest BCUT2D eigenvalue weighted by molar-refractivity contribution is -0.270. The first-order chi connectivity index (χ1) is 46.2. The monoisotopic (exact) mass is 1480 g/mol. The minimum atomic E-state index is -5.20. The molecule has 16 N–H and O–H groups in total. The lowest BCUT2D eigenvalue weighted by atomic mass is 9.97. The summed E-state index contributed by atoms with van der Waals surface area (Å²) in [5.74, 6) is -3.38. The van der Waals surface area contributed by atoms with Crippen LogP contribution in [0, 0.1) is 0 Å². The summed E-state index contributed by atoms with van der Waals surface area (Å²) in [7, 11) is -14.0. The number of aliphatic hydroxyl groups excluding tert-OH is 10. The highest BCUT2D eigenvalue weighted by atomic mass is 31.2. The third kappa shape index (κ3) is 24.3. The predicted octanol–water partition coefficient (Wildman–Crippen LogP) is -5.69. The van der Waals surface area contributed by atoms with E-state index in [9.17, 15) is 108 Å². The van der Waals surface area contributed by atoms with Crippen molar-refractivity contribution < 1.29 is 164 Å². The molecule has 6 amide bonds. The van der Waals surface area contributed by atoms with Crippen LogP contribution >= 0.6 is 23.5 Å². The van der Waals surface area contributed by atoms with Crippen LogP contribution in [-0.4, -0.2) is 330 Å². The number of aliphatic hydroxyl groups is 10. The predicted molar refractivity (Wildman–Crippen MR) is 326 cm³/mol. The molecule has 6 rings (SSSR count). The summed E-state index contributed by atoms with van der Waals surface area (Å²) in [6.45, 7) is -1.89. The van der Waals surface area contributed by atoms with Crippen LogP contribution in [-0.2, 0) is 98.0 Å². The van der Waals surface area contributed by atoms with Gasteiger partial charge in [-0.3, -0.25) is 55.9 Å². The topological polar surface area (TPSA) is 573 Å². The molecule has 6 fully saturated rings. The molecule has 6 heterocycles. The Balaban J connectivity index is 1.06. The normalized spacial score (nSPS) is 34.7. The van der Waals surface area contributed by atoms with E-state index in [1.807, 2.05) is 0 Å². The number of rotatable bonds is 38. The first kappa shape index (κ1) is 83.5. The van der Waals surface area contributed by atoms with Crippen molar-refractivity contribution in [2.75, 3.05) is 86.2 Å². The number of nitrogens with zero attached hydrogens (tertiary/aromatic N) is 3. The summed E-state index contributed by atoms with van der Waals surface area (Å²) in [5, 5.41) is 109. The van der Waals surface area contributed by atoms with Crippen LogP contribution in [0.3, 0.4) is 0 Å². The fourth-order valence-corrected chi connectivity index (χ4v) is 14.8. The Morgan fingerprint density at radius 3 is 0.990 bits per heavy atom. The van der Waals surface area contributed by atoms with E-state index >= 15 is 0 Å². The molecule has 0 aromatic rings. The molecule has 0 aromatic heterocycles. The molecule has 24 atom stereocenters. The molecule has 6 aliphatic rings. The average Bonchev–Trinajstić information content (AvgIpc) is 1.34. The van der Waals surface area contributed by atoms with Crippen LogP contribution in [0.2, 0.25) is 0 Å². The third-order valence-corrected chi connectivity index (χ3v) is 20.3. The van der Waals surface area contributed by atoms with Crippen molar-refractivity contribution >= 4 is 58.9 Å². The van der Waals surface area contributed by atoms with Gasteiger partial charge in [0, 0.05) is 86.6 Å². The fraction of sp³-hybridized carbons (Fsp3) is 0.891. The summed E-state index contributed by atoms with van der Waals surface area (Å²) in [5.41, 5.74) is 0. The molecule has 98 heavy (non-hydrogen) atoms. The van der Waals surface area contributed by atoms with E-state index in [1.165, 1.54) is 23.6 Å². The van der Waals surface area contributed by atoms with Gasteiger partial charge in [0.2, 0.25) is 35.4 Å². The first-order valence-corrected chi connectivity index (χ1v) is 36.6. The van der Waals surface area contributed by atoms with Crippen molar-refractivity contribution in [3.05, 3.63) is 0 Å². The van der Waals surface area contributed by atoms with E-state index in [-0.39, 0.29) is 110 Å². The fourth-order valence-electron chi connectivity index (χ4n) is 12.3. The number of phosphoric ester groups is 3. The Kier molecular flexibility index (Phi) is 33.1. The lowest BCUT2D eigenvalue weighted by Gasteiger charge is -2.42. The molecule has 0 spiro atoms. The molecule has 43 heteroatoms. The second-order valence-corrected chi connectivity index (χ2v) is 29.0. The Morgan fingerprint density at radius 2 is 0.714 bits per heavy atom. The number of carbonyl (C=O) groups excluding carboxylic acids is 6. The average molecular weight is 1480 g/mol. The summed E-state index contributed by atoms with van der Waals surface area (Å²) in [6, 6.07) is -6.77. The number of likely N-dealkylation sites (tertiary alicyclic amines) is 3. The van der Waals surface area contributed by atoms with Crippen LogP contribution in [0.25, 0.3) is 0 Å². The largest absolute Gasteiger partial charge is 0.472 e. The van der Waals surface area contributed by atoms with E-state index in [1.54, 1.807) is 0 Å². The molecular weight excluding hydrogens is 1380 g/mol. The standard InChI is InChI=1S/C55H97N6O34P3/c1-29(66)56-44-50(75)47(72)38(24-63)90-53(44)85-14-8-5-11-41(69)59-20-35(17-32(59)23-62)94-97(80,81)88-28-34-19-37(22-61(34)43(71)13-7-10-16-87-55-46(58-31(3)68)52(77)49(74)40(26-65)92-55)95-98(82,83)89-27-33-18-36(93-96(78,79)84-4)21-60(33)42(70)12-6-9-15-86-54-45(57-30(2)67)51(76)48(73)39(25-64)91-54/h32-40,44-55,62-65,72-77H,5-28H2,1-4H3,(H,56,66)(H,57,67)(H,58,68)(H,78,79)(H,80,81)(H,82,83)/t32-,33-,34-,35+,36+,37+,38?,39?,40?,44?,45?,46?,47-,48-,49-,50+,51+,52+,53+,54+,55+/m0/s1. The summed E-state index contributed by atoms with van der Waals surface area (Å²) >= 11 is 0. The van der Waals surface area contributed by atoms with E-state index in [0.717, 1.165) is 18.9 Å². The van der Waals surface area contributed by atoms with Crippen LogP contribution < -0.4 is 16.0 Å². The molecule has 40 nitrogen and oxygen atoms in total. The van der Waals surface area contributed by atoms with Crippen molar-refractivity contribution in [1.29, 1.82) is 0 Å².